The van der Waals surface area contributed by atoms with Crippen LogP contribution in [0.25, 0.3) is 0 Å². The van der Waals surface area contributed by atoms with Gasteiger partial charge in [-0.15, -0.1) is 0 Å². The highest BCUT2D eigenvalue weighted by Crippen LogP contribution is 2.27. The van der Waals surface area contributed by atoms with Crippen LogP contribution < -0.4 is 0 Å². The molecule has 2 unspecified atom stereocenters. The second-order valence-electron chi connectivity index (χ2n) is 4.10. The van der Waals surface area contributed by atoms with Gasteiger partial charge in [-0.3, -0.25) is 4.90 Å². The first-order chi connectivity index (χ1) is 7.27. The minimum absolute atomic E-state index is 0.854. The maximum atomic E-state index is 2.59. The van der Waals surface area contributed by atoms with Gasteiger partial charge in [0.15, 0.2) is 0 Å². The fourth-order valence-corrected chi connectivity index (χ4v) is 2.48. The Bertz CT molecular complexity index is 147. The zero-order chi connectivity index (χ0) is 11.8. The van der Waals surface area contributed by atoms with Crippen molar-refractivity contribution in [2.45, 2.75) is 59.0 Å². The van der Waals surface area contributed by atoms with E-state index in [1.807, 2.05) is 27.7 Å². The van der Waals surface area contributed by atoms with Crippen molar-refractivity contribution >= 4 is 0 Å². The fourth-order valence-electron chi connectivity index (χ4n) is 2.48. The molecular weight excluding hydrogens is 184 g/mol. The number of likely N-dealkylation sites (tertiary alicyclic amines) is 1. The maximum Gasteiger partial charge on any atom is 0.0223 e. The molecule has 2 aliphatic rings. The smallest absolute Gasteiger partial charge is 0.0223 e. The van der Waals surface area contributed by atoms with Crippen molar-refractivity contribution in [2.24, 2.45) is 0 Å². The lowest BCUT2D eigenvalue weighted by Crippen LogP contribution is -2.35. The summed E-state index contributed by atoms with van der Waals surface area (Å²) in [6.45, 7) is 10.6. The molecule has 0 aromatic rings. The van der Waals surface area contributed by atoms with Gasteiger partial charge in [0, 0.05) is 18.6 Å². The summed E-state index contributed by atoms with van der Waals surface area (Å²) in [6, 6.07) is 1.75. The molecule has 2 fully saturated rings. The summed E-state index contributed by atoms with van der Waals surface area (Å²) in [6.07, 6.45) is 4.24. The van der Waals surface area contributed by atoms with Gasteiger partial charge < -0.3 is 4.90 Å². The minimum Gasteiger partial charge on any atom is -0.305 e. The summed E-state index contributed by atoms with van der Waals surface area (Å²) in [5.41, 5.74) is 0. The topological polar surface area (TPSA) is 6.48 Å². The Morgan fingerprint density at radius 1 is 0.800 bits per heavy atom. The third kappa shape index (κ3) is 4.12. The van der Waals surface area contributed by atoms with Gasteiger partial charge >= 0.3 is 0 Å². The molecule has 2 heterocycles. The average Bonchev–Trinajstić information content (AvgIpc) is 2.54. The van der Waals surface area contributed by atoms with Gasteiger partial charge in [-0.2, -0.15) is 0 Å². The zero-order valence-electron chi connectivity index (χ0n) is 11.6. The summed E-state index contributed by atoms with van der Waals surface area (Å²) >= 11 is 0. The van der Waals surface area contributed by atoms with E-state index in [1.54, 1.807) is 0 Å². The number of rotatable bonds is 0. The van der Waals surface area contributed by atoms with Crippen molar-refractivity contribution in [3.63, 3.8) is 0 Å². The van der Waals surface area contributed by atoms with E-state index in [4.69, 9.17) is 0 Å². The van der Waals surface area contributed by atoms with Crippen molar-refractivity contribution < 1.29 is 0 Å². The van der Waals surface area contributed by atoms with Gasteiger partial charge in [0.25, 0.3) is 0 Å². The van der Waals surface area contributed by atoms with E-state index in [2.05, 4.69) is 23.9 Å². The van der Waals surface area contributed by atoms with Crippen LogP contribution in [0.1, 0.15) is 47.0 Å². The number of hydrogen-bond acceptors (Lipinski definition) is 2. The molecule has 2 rings (SSSR count). The normalized spacial score (nSPS) is 30.8. The molecular formula is C13H30N2. The van der Waals surface area contributed by atoms with Crippen LogP contribution in [0, 0.1) is 0 Å². The standard InChI is InChI=1S/C9H18N2.2C2H6/c1-10-6-5-8-3-4-9(7-10)11(8)2;2*1-2/h8-9H,3-7H2,1-2H3;2*1-2H3. The predicted octanol–water partition coefficient (Wildman–Crippen LogP) is 2.84. The van der Waals surface area contributed by atoms with E-state index in [-0.39, 0.29) is 0 Å². The van der Waals surface area contributed by atoms with E-state index in [9.17, 15) is 0 Å². The third-order valence-electron chi connectivity index (χ3n) is 3.35. The third-order valence-corrected chi connectivity index (χ3v) is 3.35. The van der Waals surface area contributed by atoms with Crippen molar-refractivity contribution in [1.29, 1.82) is 0 Å². The molecule has 0 radical (unpaired) electrons. The molecule has 2 nitrogen and oxygen atoms in total. The summed E-state index contributed by atoms with van der Waals surface area (Å²) in [4.78, 5) is 5.06. The van der Waals surface area contributed by atoms with Crippen LogP contribution in [-0.2, 0) is 0 Å². The monoisotopic (exact) mass is 214 g/mol. The second kappa shape index (κ2) is 8.12. The maximum absolute atomic E-state index is 2.59. The van der Waals surface area contributed by atoms with E-state index >= 15 is 0 Å². The highest BCUT2D eigenvalue weighted by molar-refractivity contribution is 4.90. The molecule has 2 saturated heterocycles. The lowest BCUT2D eigenvalue weighted by atomic mass is 10.1. The first-order valence-corrected chi connectivity index (χ1v) is 6.68. The Hall–Kier alpha value is -0.0800. The van der Waals surface area contributed by atoms with Gasteiger partial charge in [-0.1, -0.05) is 27.7 Å². The highest BCUT2D eigenvalue weighted by atomic mass is 15.3. The Balaban J connectivity index is 0.000000442. The van der Waals surface area contributed by atoms with E-state index < -0.39 is 0 Å². The quantitative estimate of drug-likeness (QED) is 0.612. The highest BCUT2D eigenvalue weighted by Gasteiger charge is 2.33. The van der Waals surface area contributed by atoms with Gasteiger partial charge in [-0.25, -0.2) is 0 Å². The lowest BCUT2D eigenvalue weighted by Gasteiger charge is -2.22. The zero-order valence-corrected chi connectivity index (χ0v) is 11.6. The molecule has 92 valence electrons. The molecule has 2 aliphatic heterocycles. The summed E-state index contributed by atoms with van der Waals surface area (Å²) in [7, 11) is 4.54. The Labute approximate surface area is 96.6 Å². The van der Waals surface area contributed by atoms with E-state index in [0.717, 1.165) is 12.1 Å². The summed E-state index contributed by atoms with van der Waals surface area (Å²) in [5.74, 6) is 0. The first kappa shape index (κ1) is 14.9. The number of likely N-dealkylation sites (N-methyl/N-ethyl adjacent to an activating group) is 2. The molecule has 0 aromatic heterocycles. The van der Waals surface area contributed by atoms with Crippen LogP contribution in [-0.4, -0.2) is 49.1 Å². The van der Waals surface area contributed by atoms with E-state index in [0.29, 0.717) is 0 Å². The van der Waals surface area contributed by atoms with Gasteiger partial charge in [0.2, 0.25) is 0 Å². The molecule has 2 heteroatoms. The van der Waals surface area contributed by atoms with Gasteiger partial charge in [0.05, 0.1) is 0 Å². The van der Waals surface area contributed by atoms with Crippen LogP contribution in [0.5, 0.6) is 0 Å². The molecule has 0 spiro atoms. The van der Waals surface area contributed by atoms with Crippen molar-refractivity contribution in [2.75, 3.05) is 27.2 Å². The summed E-state index contributed by atoms with van der Waals surface area (Å²) in [5, 5.41) is 0. The Kier molecular flexibility index (Phi) is 8.07. The van der Waals surface area contributed by atoms with Crippen molar-refractivity contribution in [3.8, 4) is 0 Å². The number of fused-ring (bicyclic) bond motifs is 2. The van der Waals surface area contributed by atoms with Crippen LogP contribution in [0.15, 0.2) is 0 Å². The van der Waals surface area contributed by atoms with Crippen molar-refractivity contribution in [3.05, 3.63) is 0 Å². The van der Waals surface area contributed by atoms with Crippen LogP contribution >= 0.6 is 0 Å². The minimum atomic E-state index is 0.854. The van der Waals surface area contributed by atoms with Gasteiger partial charge in [-0.05, 0) is 39.9 Å². The number of hydrogen-bond donors (Lipinski definition) is 0. The molecule has 15 heavy (non-hydrogen) atoms. The lowest BCUT2D eigenvalue weighted by molar-refractivity contribution is 0.236. The van der Waals surface area contributed by atoms with Crippen LogP contribution in [0.2, 0.25) is 0 Å². The second-order valence-corrected chi connectivity index (χ2v) is 4.10. The van der Waals surface area contributed by atoms with Crippen molar-refractivity contribution in [1.82, 2.24) is 9.80 Å². The predicted molar refractivity (Wildman–Crippen MR) is 69.4 cm³/mol. The molecule has 0 aromatic carbocycles. The number of nitrogens with zero attached hydrogens (tertiary/aromatic N) is 2. The SMILES string of the molecule is CC.CC.CN1CCC2CCC(C1)N2C. The largest absolute Gasteiger partial charge is 0.305 e. The molecule has 0 N–H and O–H groups in total. The van der Waals surface area contributed by atoms with Gasteiger partial charge in [0.1, 0.15) is 0 Å². The Morgan fingerprint density at radius 2 is 1.33 bits per heavy atom. The first-order valence-electron chi connectivity index (χ1n) is 6.68. The molecule has 2 bridgehead atoms. The average molecular weight is 214 g/mol. The van der Waals surface area contributed by atoms with E-state index in [1.165, 1.54) is 32.4 Å². The molecule has 0 saturated carbocycles. The molecule has 0 aliphatic carbocycles. The molecule has 0 amide bonds. The van der Waals surface area contributed by atoms with Crippen LogP contribution in [0.3, 0.4) is 0 Å². The molecule has 2 atom stereocenters. The fraction of sp³-hybridized carbons (Fsp3) is 1.00. The summed E-state index contributed by atoms with van der Waals surface area (Å²) < 4.78 is 0. The van der Waals surface area contributed by atoms with Crippen LogP contribution in [0.4, 0.5) is 0 Å². The Morgan fingerprint density at radius 3 is 1.93 bits per heavy atom.